The van der Waals surface area contributed by atoms with E-state index in [2.05, 4.69) is 0 Å². The highest BCUT2D eigenvalue weighted by Gasteiger charge is 2.47. The van der Waals surface area contributed by atoms with Crippen molar-refractivity contribution < 1.29 is 74.4 Å². The molecular formula is C26H28O16. The molecule has 3 heterocycles. The van der Waals surface area contributed by atoms with Crippen molar-refractivity contribution in [2.24, 2.45) is 0 Å². The van der Waals surface area contributed by atoms with Gasteiger partial charge >= 0.3 is 0 Å². The number of fused-ring (bicyclic) bond motifs is 1. The number of phenolic OH excluding ortho intramolecular Hbond substituents is 4. The monoisotopic (exact) mass is 596 g/mol. The zero-order chi connectivity index (χ0) is 30.5. The minimum Gasteiger partial charge on any atom is -0.508 e. The Balaban J connectivity index is 1.48. The molecule has 10 N–H and O–H groups in total. The van der Waals surface area contributed by atoms with Gasteiger partial charge in [-0.2, -0.15) is 0 Å². The lowest BCUT2D eigenvalue weighted by molar-refractivity contribution is -0.307. The molecule has 228 valence electrons. The standard InChI is InChI=1S/C26H28O16/c27-9-4-12(30)16-14(5-9)40-23(8-1-2-10(28)11(29)3-8)24(19(16)34)42-26-22(37)20(35)18(33)15(41-26)7-39-25-21(36)17(32)13(31)6-38-25/h1-5,13,15,17-18,20-22,25-33,35-37H,6-7H2/t13-,15+,17-,18-,20-,21+,22+,25+,26-/m0/s1. The van der Waals surface area contributed by atoms with Gasteiger partial charge in [0.15, 0.2) is 23.5 Å². The van der Waals surface area contributed by atoms with E-state index in [0.717, 1.165) is 24.3 Å². The molecule has 2 aliphatic rings. The molecule has 0 saturated carbocycles. The third-order valence-electron chi connectivity index (χ3n) is 6.94. The second kappa shape index (κ2) is 11.5. The van der Waals surface area contributed by atoms with Gasteiger partial charge in [0, 0.05) is 17.7 Å². The molecule has 0 radical (unpaired) electrons. The topological polar surface area (TPSA) is 269 Å². The molecule has 0 bridgehead atoms. The van der Waals surface area contributed by atoms with E-state index in [1.165, 1.54) is 6.07 Å². The van der Waals surface area contributed by atoms with Crippen LogP contribution in [-0.4, -0.2) is 120 Å². The number of aliphatic hydroxyl groups is 6. The average Bonchev–Trinajstić information content (AvgIpc) is 2.94. The van der Waals surface area contributed by atoms with Crippen LogP contribution in [0.3, 0.4) is 0 Å². The van der Waals surface area contributed by atoms with Crippen molar-refractivity contribution in [3.63, 3.8) is 0 Å². The molecule has 2 fully saturated rings. The molecule has 0 unspecified atom stereocenters. The first-order chi connectivity index (χ1) is 19.9. The molecule has 0 amide bonds. The smallest absolute Gasteiger partial charge is 0.239 e. The Morgan fingerprint density at radius 2 is 1.50 bits per heavy atom. The highest BCUT2D eigenvalue weighted by Crippen LogP contribution is 2.39. The van der Waals surface area contributed by atoms with E-state index >= 15 is 0 Å². The van der Waals surface area contributed by atoms with Gasteiger partial charge in [0.1, 0.15) is 65.2 Å². The zero-order valence-corrected chi connectivity index (χ0v) is 21.4. The molecule has 16 heteroatoms. The summed E-state index contributed by atoms with van der Waals surface area (Å²) in [5, 5.41) is 101. The van der Waals surface area contributed by atoms with Gasteiger partial charge in [-0.05, 0) is 18.2 Å². The number of hydrogen-bond acceptors (Lipinski definition) is 16. The van der Waals surface area contributed by atoms with Crippen LogP contribution < -0.4 is 10.2 Å². The maximum atomic E-state index is 13.5. The molecule has 2 aliphatic heterocycles. The summed E-state index contributed by atoms with van der Waals surface area (Å²) >= 11 is 0. The normalized spacial score (nSPS) is 31.7. The van der Waals surface area contributed by atoms with Crippen molar-refractivity contribution in [2.75, 3.05) is 13.2 Å². The van der Waals surface area contributed by atoms with Crippen molar-refractivity contribution >= 4 is 11.0 Å². The van der Waals surface area contributed by atoms with Crippen LogP contribution in [0, 0.1) is 0 Å². The number of ether oxygens (including phenoxy) is 4. The minimum atomic E-state index is -1.96. The maximum absolute atomic E-state index is 13.5. The molecule has 2 saturated heterocycles. The molecule has 0 spiro atoms. The summed E-state index contributed by atoms with van der Waals surface area (Å²) in [4.78, 5) is 13.5. The quantitative estimate of drug-likeness (QED) is 0.137. The molecule has 0 aliphatic carbocycles. The SMILES string of the molecule is O=c1c(O[C@@H]2O[C@H](CO[C@H]3OC[C@H](O)[C@H](O)[C@H]3O)[C@H](O)[C@H](O)[C@H]2O)c(-c2ccc(O)c(O)c2)oc2cc(O)cc(O)c12. The Hall–Kier alpha value is -3.71. The summed E-state index contributed by atoms with van der Waals surface area (Å²) in [5.74, 6) is -3.33. The Labute approximate surface area is 235 Å². The number of rotatable bonds is 6. The van der Waals surface area contributed by atoms with Crippen molar-refractivity contribution in [1.82, 2.24) is 0 Å². The van der Waals surface area contributed by atoms with Crippen LogP contribution >= 0.6 is 0 Å². The Bertz CT molecular complexity index is 1510. The maximum Gasteiger partial charge on any atom is 0.239 e. The van der Waals surface area contributed by atoms with Crippen LogP contribution in [0.5, 0.6) is 28.7 Å². The van der Waals surface area contributed by atoms with Crippen LogP contribution in [0.4, 0.5) is 0 Å². The van der Waals surface area contributed by atoms with E-state index < -0.39 is 107 Å². The third kappa shape index (κ3) is 5.42. The lowest BCUT2D eigenvalue weighted by atomic mass is 9.99. The number of hydrogen-bond donors (Lipinski definition) is 10. The minimum absolute atomic E-state index is 0.0305. The molecule has 42 heavy (non-hydrogen) atoms. The summed E-state index contributed by atoms with van der Waals surface area (Å²) < 4.78 is 27.5. The van der Waals surface area contributed by atoms with E-state index in [4.69, 9.17) is 23.4 Å². The van der Waals surface area contributed by atoms with Crippen molar-refractivity contribution in [2.45, 2.75) is 55.3 Å². The summed E-state index contributed by atoms with van der Waals surface area (Å²) in [5.41, 5.74) is -1.35. The van der Waals surface area contributed by atoms with Crippen LogP contribution in [0.1, 0.15) is 0 Å². The van der Waals surface area contributed by atoms with Gasteiger partial charge in [0.2, 0.25) is 17.5 Å². The number of phenols is 4. The Morgan fingerprint density at radius 1 is 0.786 bits per heavy atom. The largest absolute Gasteiger partial charge is 0.508 e. The van der Waals surface area contributed by atoms with Gasteiger partial charge in [-0.3, -0.25) is 4.79 Å². The van der Waals surface area contributed by atoms with Gasteiger partial charge in [0.25, 0.3) is 0 Å². The first-order valence-electron chi connectivity index (χ1n) is 12.6. The summed E-state index contributed by atoms with van der Waals surface area (Å²) in [6, 6.07) is 5.23. The highest BCUT2D eigenvalue weighted by atomic mass is 16.7. The highest BCUT2D eigenvalue weighted by molar-refractivity contribution is 5.88. The first kappa shape index (κ1) is 29.8. The fourth-order valence-corrected chi connectivity index (χ4v) is 4.61. The van der Waals surface area contributed by atoms with Crippen molar-refractivity contribution in [3.8, 4) is 40.1 Å². The molecule has 2 aromatic carbocycles. The second-order valence-corrected chi connectivity index (χ2v) is 9.85. The van der Waals surface area contributed by atoms with E-state index in [-0.39, 0.29) is 17.8 Å². The van der Waals surface area contributed by atoms with E-state index in [0.29, 0.717) is 0 Å². The van der Waals surface area contributed by atoms with Crippen LogP contribution in [0.15, 0.2) is 39.5 Å². The predicted molar refractivity (Wildman–Crippen MR) is 136 cm³/mol. The van der Waals surface area contributed by atoms with Gasteiger partial charge in [0.05, 0.1) is 13.2 Å². The third-order valence-corrected chi connectivity index (χ3v) is 6.94. The molecule has 16 nitrogen and oxygen atoms in total. The second-order valence-electron chi connectivity index (χ2n) is 9.85. The molecule has 5 rings (SSSR count). The summed E-state index contributed by atoms with van der Waals surface area (Å²) in [6.45, 7) is -0.970. The molecule has 9 atom stereocenters. The van der Waals surface area contributed by atoms with Crippen molar-refractivity contribution in [1.29, 1.82) is 0 Å². The average molecular weight is 596 g/mol. The molecule has 3 aromatic rings. The van der Waals surface area contributed by atoms with E-state index in [1.54, 1.807) is 0 Å². The predicted octanol–water partition coefficient (Wildman–Crippen LogP) is -2.08. The summed E-state index contributed by atoms with van der Waals surface area (Å²) in [6.07, 6.45) is -15.1. The van der Waals surface area contributed by atoms with Gasteiger partial charge in [-0.1, -0.05) is 0 Å². The lowest BCUT2D eigenvalue weighted by Crippen LogP contribution is -2.61. The van der Waals surface area contributed by atoms with Crippen LogP contribution in [-0.2, 0) is 14.2 Å². The van der Waals surface area contributed by atoms with Gasteiger partial charge < -0.3 is 74.4 Å². The molecular weight excluding hydrogens is 568 g/mol. The molecule has 1 aromatic heterocycles. The number of benzene rings is 2. The summed E-state index contributed by atoms with van der Waals surface area (Å²) in [7, 11) is 0. The fraction of sp³-hybridized carbons (Fsp3) is 0.423. The van der Waals surface area contributed by atoms with Gasteiger partial charge in [-0.25, -0.2) is 0 Å². The van der Waals surface area contributed by atoms with Crippen LogP contribution in [0.25, 0.3) is 22.3 Å². The lowest BCUT2D eigenvalue weighted by Gasteiger charge is -2.41. The number of aromatic hydroxyl groups is 4. The van der Waals surface area contributed by atoms with Crippen LogP contribution in [0.2, 0.25) is 0 Å². The number of aliphatic hydroxyl groups excluding tert-OH is 6. The zero-order valence-electron chi connectivity index (χ0n) is 21.4. The van der Waals surface area contributed by atoms with Crippen molar-refractivity contribution in [3.05, 3.63) is 40.6 Å². The first-order valence-corrected chi connectivity index (χ1v) is 12.6. The fourth-order valence-electron chi connectivity index (χ4n) is 4.61. The van der Waals surface area contributed by atoms with E-state index in [1.807, 2.05) is 0 Å². The van der Waals surface area contributed by atoms with E-state index in [9.17, 15) is 55.9 Å². The Morgan fingerprint density at radius 3 is 2.21 bits per heavy atom. The van der Waals surface area contributed by atoms with Gasteiger partial charge in [-0.15, -0.1) is 0 Å². The Kier molecular flexibility index (Phi) is 8.17.